The van der Waals surface area contributed by atoms with Crippen molar-refractivity contribution in [3.8, 4) is 44.9 Å². The first kappa shape index (κ1) is 34.7. The van der Waals surface area contributed by atoms with E-state index >= 15 is 0 Å². The largest absolute Gasteiger partial charge is 0.308 e. The molecule has 3 heterocycles. The predicted octanol–water partition coefficient (Wildman–Crippen LogP) is 15.3. The lowest BCUT2D eigenvalue weighted by Gasteiger charge is -2.30. The van der Waals surface area contributed by atoms with Gasteiger partial charge in [0.2, 0.25) is 0 Å². The van der Waals surface area contributed by atoms with Crippen LogP contribution in [-0.4, -0.2) is 18.7 Å². The monoisotopic (exact) mass is 815 g/mol. The van der Waals surface area contributed by atoms with Crippen LogP contribution in [0.25, 0.3) is 77.7 Å². The highest BCUT2D eigenvalue weighted by molar-refractivity contribution is 6.11. The minimum atomic E-state index is -2.37. The molecule has 0 N–H and O–H groups in total. The fourth-order valence-electron chi connectivity index (χ4n) is 9.31. The minimum Gasteiger partial charge on any atom is -0.308 e. The summed E-state index contributed by atoms with van der Waals surface area (Å²) in [5, 5.41) is 2.25. The Labute approximate surface area is 372 Å². The molecule has 0 radical (unpaired) electrons. The van der Waals surface area contributed by atoms with Gasteiger partial charge in [-0.25, -0.2) is 9.55 Å². The Bertz CT molecular complexity index is 3510. The van der Waals surface area contributed by atoms with Crippen molar-refractivity contribution < 1.29 is 4.11 Å². The van der Waals surface area contributed by atoms with Crippen molar-refractivity contribution in [3.63, 3.8) is 0 Å². The molecular weight excluding hydrogens is 767 g/mol. The van der Waals surface area contributed by atoms with Crippen LogP contribution in [0.5, 0.6) is 0 Å². The normalized spacial score (nSPS) is 12.5. The lowest BCUT2D eigenvalue weighted by atomic mass is 9.93. The summed E-state index contributed by atoms with van der Waals surface area (Å²) in [6, 6.07) is 72.0. The molecule has 0 saturated heterocycles. The van der Waals surface area contributed by atoms with Gasteiger partial charge in [0.05, 0.1) is 22.4 Å². The van der Waals surface area contributed by atoms with Crippen molar-refractivity contribution >= 4 is 49.9 Å². The lowest BCUT2D eigenvalue weighted by molar-refractivity contribution is 0.869. The van der Waals surface area contributed by atoms with Gasteiger partial charge in [0.15, 0.2) is 17.4 Å². The topological polar surface area (TPSA) is 30.9 Å². The number of para-hydroxylation sites is 4. The number of fused-ring (bicyclic) bond motifs is 4. The van der Waals surface area contributed by atoms with Crippen molar-refractivity contribution in [3.05, 3.63) is 224 Å². The first-order chi connectivity index (χ1) is 32.2. The predicted molar refractivity (Wildman–Crippen MR) is 264 cm³/mol. The van der Waals surface area contributed by atoms with Gasteiger partial charge >= 0.3 is 0 Å². The number of aromatic nitrogens is 4. The molecule has 0 fully saturated rings. The van der Waals surface area contributed by atoms with Crippen molar-refractivity contribution in [2.45, 2.75) is 19.8 Å². The van der Waals surface area contributed by atoms with E-state index in [4.69, 9.17) is 9.10 Å². The molecule has 0 bridgehead atoms. The molecule has 11 aromatic rings. The molecule has 0 atom stereocenters. The van der Waals surface area contributed by atoms with E-state index < -0.39 is 6.98 Å². The molecule has 0 aliphatic heterocycles. The Kier molecular flexibility index (Phi) is 8.68. The number of nitrogens with zero attached hydrogens (tertiary/aromatic N) is 5. The van der Waals surface area contributed by atoms with Gasteiger partial charge in [-0.3, -0.25) is 4.57 Å². The van der Waals surface area contributed by atoms with E-state index in [2.05, 4.69) is 199 Å². The molecule has 0 saturated carbocycles. The Morgan fingerprint density at radius 3 is 1.87 bits per heavy atom. The van der Waals surface area contributed by atoms with Crippen molar-refractivity contribution in [1.29, 1.82) is 0 Å². The summed E-state index contributed by atoms with van der Waals surface area (Å²) < 4.78 is 30.9. The smallest absolute Gasteiger partial charge is 0.191 e. The summed E-state index contributed by atoms with van der Waals surface area (Å²) in [6.07, 6.45) is 3.62. The highest BCUT2D eigenvalue weighted by Gasteiger charge is 2.25. The third kappa shape index (κ3) is 6.66. The first-order valence-electron chi connectivity index (χ1n) is 23.0. The summed E-state index contributed by atoms with van der Waals surface area (Å²) in [7, 11) is 0. The number of rotatable bonds is 9. The second kappa shape index (κ2) is 15.8. The second-order valence-corrected chi connectivity index (χ2v) is 16.3. The van der Waals surface area contributed by atoms with Gasteiger partial charge in [0.1, 0.15) is 11.5 Å². The third-order valence-corrected chi connectivity index (χ3v) is 12.2. The Morgan fingerprint density at radius 1 is 0.508 bits per heavy atom. The molecule has 0 unspecified atom stereocenters. The van der Waals surface area contributed by atoms with Crippen LogP contribution in [0.15, 0.2) is 219 Å². The summed E-state index contributed by atoms with van der Waals surface area (Å²) in [5.41, 5.74) is 15.1. The van der Waals surface area contributed by atoms with Gasteiger partial charge in [0, 0.05) is 69.1 Å². The Morgan fingerprint density at radius 2 is 1.13 bits per heavy atom. The molecule has 0 amide bonds. The molecule has 3 aromatic heterocycles. The van der Waals surface area contributed by atoms with Crippen LogP contribution >= 0.6 is 0 Å². The zero-order valence-electron chi connectivity index (χ0n) is 38.1. The summed E-state index contributed by atoms with van der Waals surface area (Å²) >= 11 is 0. The van der Waals surface area contributed by atoms with Gasteiger partial charge in [-0.05, 0) is 88.3 Å². The van der Waals surface area contributed by atoms with Crippen LogP contribution < -0.4 is 4.90 Å². The fourth-order valence-corrected chi connectivity index (χ4v) is 9.31. The SMILES string of the molecule is [2H]C([2H])([2H])n1[cH+]n(-c2cccc(N(c3ccc4c5ccccc5n(-c5cc(-c6ccccc6C(C)C)ccn5)c4c3)c3c(-c4ccccc4)cccc3-c3ccccc3)c2)c2ccccc21. The number of anilines is 3. The maximum atomic E-state index is 8.41. The average molecular weight is 816 g/mol. The highest BCUT2D eigenvalue weighted by atomic mass is 15.2. The summed E-state index contributed by atoms with van der Waals surface area (Å²) in [5.74, 6) is 1.19. The molecule has 63 heavy (non-hydrogen) atoms. The maximum Gasteiger partial charge on any atom is 0.191 e. The molecular formula is C58H46N5+. The highest BCUT2D eigenvalue weighted by Crippen LogP contribution is 2.48. The second-order valence-electron chi connectivity index (χ2n) is 16.3. The molecule has 0 spiro atoms. The number of aryl methyl sites for hydroxylation is 1. The number of imidazole rings is 1. The van der Waals surface area contributed by atoms with Gasteiger partial charge in [-0.1, -0.05) is 141 Å². The number of hydrogen-bond donors (Lipinski definition) is 0. The van der Waals surface area contributed by atoms with Crippen molar-refractivity contribution in [2.24, 2.45) is 6.98 Å². The average Bonchev–Trinajstić information content (AvgIpc) is 3.92. The van der Waals surface area contributed by atoms with E-state index in [1.807, 2.05) is 41.1 Å². The Balaban J connectivity index is 1.20. The standard InChI is InChI=1S/C58H46N5/c1-40(2)47-24-10-11-25-48(47)43-34-35-59-57(36-43)63-53-29-13-12-26-51(53)52-33-32-46(38-56(52)63)62(45-23-16-22-44(37-45)61-39-60(3)54-30-14-15-31-55(54)61)58-49(41-18-6-4-7-19-41)27-17-28-50(58)42-20-8-5-9-21-42/h4-40H,1-3H3/q+1/i3D3. The zero-order chi connectivity index (χ0) is 44.9. The van der Waals surface area contributed by atoms with Gasteiger partial charge in [-0.15, -0.1) is 0 Å². The molecule has 302 valence electrons. The lowest BCUT2D eigenvalue weighted by Crippen LogP contribution is -2.13. The van der Waals surface area contributed by atoms with Crippen LogP contribution in [0.3, 0.4) is 0 Å². The van der Waals surface area contributed by atoms with Gasteiger partial charge in [-0.2, -0.15) is 4.57 Å². The van der Waals surface area contributed by atoms with Crippen LogP contribution in [-0.2, 0) is 6.98 Å². The first-order valence-corrected chi connectivity index (χ1v) is 21.5. The molecule has 8 aromatic carbocycles. The van der Waals surface area contributed by atoms with E-state index in [9.17, 15) is 0 Å². The Hall–Kier alpha value is -8.02. The van der Waals surface area contributed by atoms with Gasteiger partial charge < -0.3 is 4.90 Å². The molecule has 0 aliphatic carbocycles. The van der Waals surface area contributed by atoms with E-state index in [-0.39, 0.29) is 0 Å². The van der Waals surface area contributed by atoms with Gasteiger partial charge in [0.25, 0.3) is 0 Å². The molecule has 5 nitrogen and oxygen atoms in total. The maximum absolute atomic E-state index is 8.41. The number of benzene rings is 8. The fraction of sp³-hybridized carbons (Fsp3) is 0.0690. The van der Waals surface area contributed by atoms with E-state index in [1.54, 1.807) is 6.33 Å². The summed E-state index contributed by atoms with van der Waals surface area (Å²) in [6.45, 7) is 2.11. The van der Waals surface area contributed by atoms with Crippen molar-refractivity contribution in [2.75, 3.05) is 4.90 Å². The van der Waals surface area contributed by atoms with Crippen molar-refractivity contribution in [1.82, 2.24) is 18.7 Å². The van der Waals surface area contributed by atoms with Crippen LogP contribution in [0.4, 0.5) is 17.1 Å². The minimum absolute atomic E-state index is 0.358. The number of hydrogen-bond acceptors (Lipinski definition) is 2. The van der Waals surface area contributed by atoms with E-state index in [0.717, 1.165) is 83.7 Å². The van der Waals surface area contributed by atoms with Crippen LogP contribution in [0.1, 0.15) is 29.4 Å². The third-order valence-electron chi connectivity index (χ3n) is 12.2. The zero-order valence-corrected chi connectivity index (χ0v) is 35.1. The van der Waals surface area contributed by atoms with Crippen LogP contribution in [0.2, 0.25) is 0 Å². The number of pyridine rings is 1. The quantitative estimate of drug-likeness (QED) is 0.136. The molecule has 5 heteroatoms. The molecule has 0 aliphatic rings. The molecule has 11 rings (SSSR count). The van der Waals surface area contributed by atoms with E-state index in [0.29, 0.717) is 11.4 Å². The van der Waals surface area contributed by atoms with E-state index in [1.165, 1.54) is 15.7 Å². The van der Waals surface area contributed by atoms with Crippen LogP contribution in [0, 0.1) is 0 Å². The summed E-state index contributed by atoms with van der Waals surface area (Å²) in [4.78, 5) is 7.44.